The van der Waals surface area contributed by atoms with Gasteiger partial charge in [0.1, 0.15) is 0 Å². The van der Waals surface area contributed by atoms with Crippen molar-refractivity contribution in [1.82, 2.24) is 0 Å². The summed E-state index contributed by atoms with van der Waals surface area (Å²) in [5.74, 6) is 0. The van der Waals surface area contributed by atoms with Gasteiger partial charge in [0.2, 0.25) is 0 Å². The molecule has 0 saturated carbocycles. The Hall–Kier alpha value is -15.1. The van der Waals surface area contributed by atoms with E-state index in [2.05, 4.69) is 468 Å². The molecule has 22 aromatic rings. The molecule has 22 aromatic carbocycles. The molecule has 604 valence electrons. The van der Waals surface area contributed by atoms with Crippen molar-refractivity contribution >= 4 is 86.2 Å². The highest BCUT2D eigenvalue weighted by Crippen LogP contribution is 2.59. The van der Waals surface area contributed by atoms with E-state index in [4.69, 9.17) is 0 Å². The van der Waals surface area contributed by atoms with Crippen molar-refractivity contribution in [2.24, 2.45) is 0 Å². The summed E-state index contributed by atoms with van der Waals surface area (Å²) in [5, 5.41) is 20.3. The van der Waals surface area contributed by atoms with Crippen LogP contribution in [-0.4, -0.2) is 0 Å². The van der Waals surface area contributed by atoms with Crippen molar-refractivity contribution in [2.45, 2.75) is 77.0 Å². The topological polar surface area (TPSA) is 0 Å². The van der Waals surface area contributed by atoms with Crippen LogP contribution in [0.25, 0.3) is 220 Å². The van der Waals surface area contributed by atoms with Gasteiger partial charge in [-0.2, -0.15) is 0 Å². The standard InChI is InChI=1S/2C64H46/c1-63(2)57-20-12-11-17-49(57)55-36-47(28-32-58(55)63)62-53-19-10-9-18-52(53)61(54-31-26-45(35-56(54)62)43-23-21-39-13-5-7-15-41(39)33-43)48-27-30-51-50-29-25-46(37-59(50)64(3,4)60(51)38-48)44-24-22-40-14-6-8-16-42(40)34-44;1-63(2)57-23-12-11-19-49(57)55-36-45(29-33-58(55)63)62-53-21-10-9-20-52(53)61(54-32-26-43(35-56(54)62)42-25-24-39-14-5-6-16-41(39)34-42)46-28-31-51-50-30-27-44(37-59(50)64(3,4)60(51)38-46)48-22-13-17-40-15-7-8-18-47(40)48/h2*5-38H,1-4H3. The molecule has 0 aliphatic heterocycles. The number of hydrogen-bond donors (Lipinski definition) is 0. The van der Waals surface area contributed by atoms with Crippen LogP contribution in [0.5, 0.6) is 0 Å². The fourth-order valence-electron chi connectivity index (χ4n) is 23.4. The summed E-state index contributed by atoms with van der Waals surface area (Å²) < 4.78 is 0. The predicted molar refractivity (Wildman–Crippen MR) is 547 cm³/mol. The molecule has 0 bridgehead atoms. The van der Waals surface area contributed by atoms with Gasteiger partial charge in [0.05, 0.1) is 0 Å². The van der Waals surface area contributed by atoms with Gasteiger partial charge in [0, 0.05) is 21.7 Å². The molecule has 0 unspecified atom stereocenters. The molecule has 0 aromatic heterocycles. The van der Waals surface area contributed by atoms with Gasteiger partial charge < -0.3 is 0 Å². The summed E-state index contributed by atoms with van der Waals surface area (Å²) >= 11 is 0. The second kappa shape index (κ2) is 28.2. The van der Waals surface area contributed by atoms with Crippen molar-refractivity contribution in [3.8, 4) is 134 Å². The Morgan fingerprint density at radius 1 is 0.117 bits per heavy atom. The average molecular weight is 1630 g/mol. The molecule has 0 fully saturated rings. The van der Waals surface area contributed by atoms with E-state index in [1.165, 1.54) is 264 Å². The molecule has 0 N–H and O–H groups in total. The SMILES string of the molecule is CC1(C)c2ccccc2-c2cc(-c3c4ccccc4c(-c4ccc5c(c4)C(C)(C)c4cc(-c6ccc7ccccc7c6)ccc4-5)c4ccc(-c5ccc6ccccc6c5)cc34)ccc21.CC1(C)c2ccccc2-c2cc(-c3c4ccccc4c(-c4ccc5c(c4)C(C)(C)c4cc(-c6cccc7ccccc67)ccc4-5)c4ccc(-c5ccc6ccccc6c5)cc34)ccc21. The van der Waals surface area contributed by atoms with E-state index in [0.717, 1.165) is 0 Å². The number of fused-ring (bicyclic) bond motifs is 20. The van der Waals surface area contributed by atoms with Gasteiger partial charge in [0.15, 0.2) is 0 Å². The third kappa shape index (κ3) is 11.5. The highest BCUT2D eigenvalue weighted by Gasteiger charge is 2.41. The van der Waals surface area contributed by atoms with Crippen LogP contribution in [0.1, 0.15) is 99.9 Å². The van der Waals surface area contributed by atoms with Gasteiger partial charge in [0.25, 0.3) is 0 Å². The predicted octanol–water partition coefficient (Wildman–Crippen LogP) is 35.2. The third-order valence-corrected chi connectivity index (χ3v) is 30.1. The van der Waals surface area contributed by atoms with Crippen molar-refractivity contribution in [2.75, 3.05) is 0 Å². The van der Waals surface area contributed by atoms with E-state index in [0.29, 0.717) is 0 Å². The van der Waals surface area contributed by atoms with E-state index in [9.17, 15) is 0 Å². The molecular weight excluding hydrogens is 1540 g/mol. The molecule has 0 atom stereocenters. The maximum absolute atomic E-state index is 2.51. The fraction of sp³-hybridized carbons (Fsp3) is 0.0938. The summed E-state index contributed by atoms with van der Waals surface area (Å²) in [5.41, 5.74) is 41.5. The summed E-state index contributed by atoms with van der Waals surface area (Å²) in [7, 11) is 0. The Morgan fingerprint density at radius 3 is 0.781 bits per heavy atom. The van der Waals surface area contributed by atoms with Crippen LogP contribution in [-0.2, 0) is 21.7 Å². The number of benzene rings is 22. The van der Waals surface area contributed by atoms with Crippen LogP contribution in [0.4, 0.5) is 0 Å². The fourth-order valence-corrected chi connectivity index (χ4v) is 23.4. The maximum atomic E-state index is 2.51. The monoisotopic (exact) mass is 1630 g/mol. The first-order chi connectivity index (χ1) is 62.5. The summed E-state index contributed by atoms with van der Waals surface area (Å²) in [4.78, 5) is 0. The van der Waals surface area contributed by atoms with Gasteiger partial charge in [-0.1, -0.05) is 401 Å². The first-order valence-corrected chi connectivity index (χ1v) is 45.5. The maximum Gasteiger partial charge on any atom is 0.0159 e. The lowest BCUT2D eigenvalue weighted by atomic mass is 9.79. The van der Waals surface area contributed by atoms with E-state index in [-0.39, 0.29) is 21.7 Å². The van der Waals surface area contributed by atoms with Gasteiger partial charge in [-0.25, -0.2) is 0 Å². The quantitative estimate of drug-likeness (QED) is 0.133. The largest absolute Gasteiger partial charge is 0.0619 e. The lowest BCUT2D eigenvalue weighted by Crippen LogP contribution is -2.15. The van der Waals surface area contributed by atoms with Crippen LogP contribution >= 0.6 is 0 Å². The zero-order valence-electron chi connectivity index (χ0n) is 73.3. The van der Waals surface area contributed by atoms with Crippen LogP contribution < -0.4 is 0 Å². The number of rotatable bonds is 8. The van der Waals surface area contributed by atoms with Gasteiger partial charge in [-0.05, 0) is 331 Å². The molecule has 4 aliphatic rings. The van der Waals surface area contributed by atoms with Crippen LogP contribution in [0.15, 0.2) is 413 Å². The zero-order valence-corrected chi connectivity index (χ0v) is 73.3. The minimum atomic E-state index is -0.190. The molecular formula is C128H92. The Kier molecular flexibility index (Phi) is 16.6. The smallest absolute Gasteiger partial charge is 0.0159 e. The Bertz CT molecular complexity index is 8550. The third-order valence-electron chi connectivity index (χ3n) is 30.1. The summed E-state index contributed by atoms with van der Waals surface area (Å²) in [6.07, 6.45) is 0. The summed E-state index contributed by atoms with van der Waals surface area (Å²) in [6, 6.07) is 156. The van der Waals surface area contributed by atoms with Crippen molar-refractivity contribution in [1.29, 1.82) is 0 Å². The van der Waals surface area contributed by atoms with E-state index < -0.39 is 0 Å². The highest BCUT2D eigenvalue weighted by molar-refractivity contribution is 6.24. The van der Waals surface area contributed by atoms with Gasteiger partial charge >= 0.3 is 0 Å². The second-order valence-electron chi connectivity index (χ2n) is 38.5. The first-order valence-electron chi connectivity index (χ1n) is 45.5. The highest BCUT2D eigenvalue weighted by atomic mass is 14.4. The minimum Gasteiger partial charge on any atom is -0.0619 e. The van der Waals surface area contributed by atoms with Gasteiger partial charge in [-0.15, -0.1) is 0 Å². The second-order valence-corrected chi connectivity index (χ2v) is 38.5. The Morgan fingerprint density at radius 2 is 0.359 bits per heavy atom. The van der Waals surface area contributed by atoms with Crippen molar-refractivity contribution in [3.05, 3.63) is 457 Å². The van der Waals surface area contributed by atoms with Crippen molar-refractivity contribution in [3.63, 3.8) is 0 Å². The average Bonchev–Trinajstić information content (AvgIpc) is 1.53. The molecule has 0 radical (unpaired) electrons. The Balaban J connectivity index is 0.000000139. The minimum absolute atomic E-state index is 0.0548. The molecule has 0 heterocycles. The van der Waals surface area contributed by atoms with Crippen LogP contribution in [0.3, 0.4) is 0 Å². The van der Waals surface area contributed by atoms with E-state index >= 15 is 0 Å². The van der Waals surface area contributed by atoms with E-state index in [1.54, 1.807) is 0 Å². The molecule has 0 amide bonds. The molecule has 0 nitrogen and oxygen atoms in total. The first kappa shape index (κ1) is 75.4. The number of hydrogen-bond acceptors (Lipinski definition) is 0. The van der Waals surface area contributed by atoms with Crippen LogP contribution in [0.2, 0.25) is 0 Å². The van der Waals surface area contributed by atoms with Crippen LogP contribution in [0, 0.1) is 0 Å². The molecule has 0 heteroatoms. The molecule has 128 heavy (non-hydrogen) atoms. The molecule has 0 saturated heterocycles. The molecule has 4 aliphatic carbocycles. The molecule has 26 rings (SSSR count). The summed E-state index contributed by atoms with van der Waals surface area (Å²) in [6.45, 7) is 19.1. The van der Waals surface area contributed by atoms with E-state index in [1.807, 2.05) is 0 Å². The zero-order chi connectivity index (χ0) is 85.8. The van der Waals surface area contributed by atoms with Crippen molar-refractivity contribution < 1.29 is 0 Å². The lowest BCUT2D eigenvalue weighted by molar-refractivity contribution is 0.660. The molecule has 0 spiro atoms. The van der Waals surface area contributed by atoms with Gasteiger partial charge in [-0.3, -0.25) is 0 Å². The normalized spacial score (nSPS) is 14.2. The Labute approximate surface area is 748 Å². The lowest BCUT2D eigenvalue weighted by Gasteiger charge is -2.24.